The fraction of sp³-hybridized carbons (Fsp3) is 0.467. The summed E-state index contributed by atoms with van der Waals surface area (Å²) in [6.45, 7) is 4.53. The quantitative estimate of drug-likeness (QED) is 0.786. The Balaban J connectivity index is 2.08. The lowest BCUT2D eigenvalue weighted by molar-refractivity contribution is -0.115. The molecule has 136 valence electrons. The summed E-state index contributed by atoms with van der Waals surface area (Å²) in [5, 5.41) is 14.0. The van der Waals surface area contributed by atoms with Crippen LogP contribution < -0.4 is 10.1 Å². The maximum absolute atomic E-state index is 12.4. The maximum Gasteiger partial charge on any atom is 0.387 e. The number of halogens is 2. The Labute approximate surface area is 148 Å². The second kappa shape index (κ2) is 7.77. The van der Waals surface area contributed by atoms with Crippen LogP contribution in [0.1, 0.15) is 27.7 Å². The van der Waals surface area contributed by atoms with Gasteiger partial charge in [-0.25, -0.2) is 4.68 Å². The van der Waals surface area contributed by atoms with Crippen molar-refractivity contribution in [3.8, 4) is 5.75 Å². The van der Waals surface area contributed by atoms with E-state index in [1.54, 1.807) is 23.7 Å². The zero-order chi connectivity index (χ0) is 18.6. The number of hydrogen-bond acceptors (Lipinski definition) is 6. The highest BCUT2D eigenvalue weighted by atomic mass is 32.2. The number of para-hydroxylation sites is 2. The van der Waals surface area contributed by atoms with Crippen molar-refractivity contribution < 1.29 is 18.3 Å². The third kappa shape index (κ3) is 5.12. The van der Waals surface area contributed by atoms with Crippen molar-refractivity contribution in [2.24, 2.45) is 0 Å². The zero-order valence-corrected chi connectivity index (χ0v) is 15.1. The van der Waals surface area contributed by atoms with E-state index in [9.17, 15) is 13.6 Å². The average molecular weight is 371 g/mol. The van der Waals surface area contributed by atoms with E-state index in [2.05, 4.69) is 25.6 Å². The molecule has 2 aromatic rings. The van der Waals surface area contributed by atoms with Crippen LogP contribution in [0.15, 0.2) is 29.4 Å². The first-order valence-electron chi connectivity index (χ1n) is 7.48. The number of nitrogens with one attached hydrogen (secondary N) is 1. The Hall–Kier alpha value is -2.23. The molecule has 0 radical (unpaired) electrons. The standard InChI is InChI=1S/C15H19F2N5O2S/c1-9(25-14-19-20-21-22(14)15(2,3)4)12(23)18-10-7-5-6-8-11(10)24-13(16)17/h5-9,13H,1-4H3,(H,18,23). The molecule has 7 nitrogen and oxygen atoms in total. The van der Waals surface area contributed by atoms with Gasteiger partial charge in [0.1, 0.15) is 5.75 Å². The molecule has 25 heavy (non-hydrogen) atoms. The van der Waals surface area contributed by atoms with Crippen LogP contribution in [0.5, 0.6) is 5.75 Å². The minimum atomic E-state index is -2.97. The van der Waals surface area contributed by atoms with E-state index >= 15 is 0 Å². The highest BCUT2D eigenvalue weighted by Crippen LogP contribution is 2.28. The van der Waals surface area contributed by atoms with Crippen LogP contribution in [0.3, 0.4) is 0 Å². The number of tetrazole rings is 1. The SMILES string of the molecule is CC(Sc1nnnn1C(C)(C)C)C(=O)Nc1ccccc1OC(F)F. The van der Waals surface area contributed by atoms with Crippen LogP contribution in [0.25, 0.3) is 0 Å². The Morgan fingerprint density at radius 3 is 2.64 bits per heavy atom. The third-order valence-corrected chi connectivity index (χ3v) is 4.12. The summed E-state index contributed by atoms with van der Waals surface area (Å²) < 4.78 is 30.9. The van der Waals surface area contributed by atoms with E-state index in [-0.39, 0.29) is 22.9 Å². The number of alkyl halides is 2. The van der Waals surface area contributed by atoms with Crippen molar-refractivity contribution in [3.05, 3.63) is 24.3 Å². The van der Waals surface area contributed by atoms with Gasteiger partial charge in [0.25, 0.3) is 0 Å². The number of anilines is 1. The first kappa shape index (κ1) is 19.1. The smallest absolute Gasteiger partial charge is 0.387 e. The predicted octanol–water partition coefficient (Wildman–Crippen LogP) is 3.15. The van der Waals surface area contributed by atoms with E-state index in [4.69, 9.17) is 0 Å². The fourth-order valence-electron chi connectivity index (χ4n) is 1.89. The van der Waals surface area contributed by atoms with Gasteiger partial charge in [-0.15, -0.1) is 5.10 Å². The molecule has 2 rings (SSSR count). The van der Waals surface area contributed by atoms with Crippen LogP contribution in [-0.2, 0) is 10.3 Å². The van der Waals surface area contributed by atoms with Crippen molar-refractivity contribution in [1.29, 1.82) is 0 Å². The Kier molecular flexibility index (Phi) is 5.93. The predicted molar refractivity (Wildman–Crippen MR) is 89.8 cm³/mol. The number of nitrogens with zero attached hydrogens (tertiary/aromatic N) is 4. The van der Waals surface area contributed by atoms with Crippen molar-refractivity contribution >= 4 is 23.4 Å². The molecule has 0 saturated heterocycles. The van der Waals surface area contributed by atoms with Crippen LogP contribution >= 0.6 is 11.8 Å². The molecule has 0 aliphatic carbocycles. The first-order valence-corrected chi connectivity index (χ1v) is 8.36. The lowest BCUT2D eigenvalue weighted by atomic mass is 10.1. The minimum Gasteiger partial charge on any atom is -0.433 e. The zero-order valence-electron chi connectivity index (χ0n) is 14.2. The Bertz CT molecular complexity index is 733. The molecule has 1 unspecified atom stereocenters. The molecule has 0 saturated carbocycles. The lowest BCUT2D eigenvalue weighted by Crippen LogP contribution is -2.27. The summed E-state index contributed by atoms with van der Waals surface area (Å²) in [7, 11) is 0. The number of benzene rings is 1. The molecular weight excluding hydrogens is 352 g/mol. The summed E-state index contributed by atoms with van der Waals surface area (Å²) in [6.07, 6.45) is 0. The molecule has 1 aromatic heterocycles. The number of thioether (sulfide) groups is 1. The Morgan fingerprint density at radius 1 is 1.32 bits per heavy atom. The number of amides is 1. The molecule has 0 spiro atoms. The average Bonchev–Trinajstić information content (AvgIpc) is 2.97. The van der Waals surface area contributed by atoms with Crippen molar-refractivity contribution in [1.82, 2.24) is 20.2 Å². The number of rotatable bonds is 6. The maximum atomic E-state index is 12.4. The van der Waals surface area contributed by atoms with Crippen molar-refractivity contribution in [3.63, 3.8) is 0 Å². The molecule has 10 heteroatoms. The highest BCUT2D eigenvalue weighted by molar-refractivity contribution is 8.00. The molecular formula is C15H19F2N5O2S. The van der Waals surface area contributed by atoms with Gasteiger partial charge in [-0.1, -0.05) is 23.9 Å². The fourth-order valence-corrected chi connectivity index (χ4v) is 2.86. The largest absolute Gasteiger partial charge is 0.433 e. The minimum absolute atomic E-state index is 0.0948. The van der Waals surface area contributed by atoms with E-state index in [1.165, 1.54) is 23.9 Å². The van der Waals surface area contributed by atoms with Crippen LogP contribution in [0, 0.1) is 0 Å². The van der Waals surface area contributed by atoms with E-state index in [0.717, 1.165) is 0 Å². The van der Waals surface area contributed by atoms with E-state index < -0.39 is 11.9 Å². The van der Waals surface area contributed by atoms with Gasteiger partial charge < -0.3 is 10.1 Å². The lowest BCUT2D eigenvalue weighted by Gasteiger charge is -2.20. The van der Waals surface area contributed by atoms with Crippen LogP contribution in [-0.4, -0.2) is 38.0 Å². The summed E-state index contributed by atoms with van der Waals surface area (Å²) in [6, 6.07) is 6.01. The van der Waals surface area contributed by atoms with Gasteiger partial charge >= 0.3 is 6.61 Å². The van der Waals surface area contributed by atoms with Gasteiger partial charge in [-0.3, -0.25) is 4.79 Å². The van der Waals surface area contributed by atoms with E-state index in [0.29, 0.717) is 5.16 Å². The Morgan fingerprint density at radius 2 is 2.00 bits per heavy atom. The van der Waals surface area contributed by atoms with Crippen LogP contribution in [0.2, 0.25) is 0 Å². The number of ether oxygens (including phenoxy) is 1. The molecule has 1 aromatic carbocycles. The number of carbonyl (C=O) groups excluding carboxylic acids is 1. The molecule has 0 fully saturated rings. The molecule has 0 bridgehead atoms. The van der Waals surface area contributed by atoms with Crippen LogP contribution in [0.4, 0.5) is 14.5 Å². The second-order valence-electron chi connectivity index (χ2n) is 6.17. The summed E-state index contributed by atoms with van der Waals surface area (Å²) in [5.74, 6) is -0.471. The van der Waals surface area contributed by atoms with Gasteiger partial charge in [0.05, 0.1) is 16.5 Å². The highest BCUT2D eigenvalue weighted by Gasteiger charge is 2.24. The second-order valence-corrected chi connectivity index (χ2v) is 7.48. The summed E-state index contributed by atoms with van der Waals surface area (Å²) >= 11 is 1.18. The molecule has 1 amide bonds. The first-order chi connectivity index (χ1) is 11.7. The molecule has 0 aliphatic heterocycles. The number of hydrogen-bond donors (Lipinski definition) is 1. The number of aromatic nitrogens is 4. The number of carbonyl (C=O) groups is 1. The van der Waals surface area contributed by atoms with E-state index in [1.807, 2.05) is 20.8 Å². The van der Waals surface area contributed by atoms with Gasteiger partial charge in [0.2, 0.25) is 11.1 Å². The van der Waals surface area contributed by atoms with Gasteiger partial charge in [-0.2, -0.15) is 8.78 Å². The van der Waals surface area contributed by atoms with Crippen molar-refractivity contribution in [2.45, 2.75) is 50.3 Å². The third-order valence-electron chi connectivity index (χ3n) is 3.09. The molecule has 1 atom stereocenters. The van der Waals surface area contributed by atoms with Gasteiger partial charge in [-0.05, 0) is 50.3 Å². The molecule has 0 aliphatic rings. The van der Waals surface area contributed by atoms with Crippen molar-refractivity contribution in [2.75, 3.05) is 5.32 Å². The van der Waals surface area contributed by atoms with Gasteiger partial charge in [0.15, 0.2) is 0 Å². The monoisotopic (exact) mass is 371 g/mol. The summed E-state index contributed by atoms with van der Waals surface area (Å²) in [4.78, 5) is 12.4. The summed E-state index contributed by atoms with van der Waals surface area (Å²) in [5.41, 5.74) is -0.157. The molecule has 1 N–H and O–H groups in total. The molecule has 1 heterocycles. The topological polar surface area (TPSA) is 81.9 Å². The van der Waals surface area contributed by atoms with Gasteiger partial charge in [0, 0.05) is 0 Å². The normalized spacial score (nSPS) is 12.9.